The van der Waals surface area contributed by atoms with Crippen molar-refractivity contribution in [2.75, 3.05) is 0 Å². The first-order chi connectivity index (χ1) is 4.79. The Labute approximate surface area is 64.0 Å². The summed E-state index contributed by atoms with van der Waals surface area (Å²) in [6, 6.07) is 0. The Bertz CT molecular complexity index is 133. The van der Waals surface area contributed by atoms with Gasteiger partial charge in [0.05, 0.1) is 0 Å². The van der Waals surface area contributed by atoms with Crippen LogP contribution in [-0.4, -0.2) is 0 Å². The molecule has 0 saturated heterocycles. The van der Waals surface area contributed by atoms with Crippen molar-refractivity contribution in [3.8, 4) is 0 Å². The van der Waals surface area contributed by atoms with Gasteiger partial charge in [0.25, 0.3) is 0 Å². The molecule has 0 aliphatic rings. The summed E-state index contributed by atoms with van der Waals surface area (Å²) < 4.78 is 0. The Morgan fingerprint density at radius 2 is 1.50 bits per heavy atom. The van der Waals surface area contributed by atoms with E-state index in [0.717, 1.165) is 12.8 Å². The van der Waals surface area contributed by atoms with Gasteiger partial charge in [-0.2, -0.15) is 0 Å². The lowest BCUT2D eigenvalue weighted by molar-refractivity contribution is 0.966. The average molecular weight is 136 g/mol. The van der Waals surface area contributed by atoms with E-state index in [1.54, 1.807) is 0 Å². The maximum atomic E-state index is 3.72. The standard InChI is InChI=1S/C10H16/c1-5-9(6-2)10(7-3)8-4/h5-6H,1-2,7-8H2,3-4H3. The van der Waals surface area contributed by atoms with E-state index in [1.807, 2.05) is 12.2 Å². The summed E-state index contributed by atoms with van der Waals surface area (Å²) in [4.78, 5) is 0. The molecule has 0 aromatic heterocycles. The Balaban J connectivity index is 4.50. The molecular formula is C10H16. The minimum atomic E-state index is 1.10. The molecule has 0 heteroatoms. The predicted octanol–water partition coefficient (Wildman–Crippen LogP) is 3.48. The van der Waals surface area contributed by atoms with Gasteiger partial charge in [-0.25, -0.2) is 0 Å². The first kappa shape index (κ1) is 9.22. The van der Waals surface area contributed by atoms with Gasteiger partial charge in [-0.05, 0) is 18.4 Å². The van der Waals surface area contributed by atoms with Crippen molar-refractivity contribution in [1.82, 2.24) is 0 Å². The fourth-order valence-electron chi connectivity index (χ4n) is 1.03. The number of allylic oxidation sites excluding steroid dienone is 4. The molecule has 0 atom stereocenters. The lowest BCUT2D eigenvalue weighted by atomic mass is 10.0. The first-order valence-electron chi connectivity index (χ1n) is 3.77. The number of hydrogen-bond donors (Lipinski definition) is 0. The zero-order chi connectivity index (χ0) is 7.98. The highest BCUT2D eigenvalue weighted by Gasteiger charge is 1.93. The Morgan fingerprint density at radius 3 is 1.60 bits per heavy atom. The third-order valence-electron chi connectivity index (χ3n) is 1.70. The van der Waals surface area contributed by atoms with Gasteiger partial charge in [0.15, 0.2) is 0 Å². The molecule has 0 N–H and O–H groups in total. The molecule has 0 fully saturated rings. The third kappa shape index (κ3) is 2.22. The van der Waals surface area contributed by atoms with Gasteiger partial charge in [0.2, 0.25) is 0 Å². The Hall–Kier alpha value is -0.780. The summed E-state index contributed by atoms with van der Waals surface area (Å²) in [5, 5.41) is 0. The summed E-state index contributed by atoms with van der Waals surface area (Å²) >= 11 is 0. The molecule has 0 nitrogen and oxygen atoms in total. The van der Waals surface area contributed by atoms with Crippen LogP contribution in [0.5, 0.6) is 0 Å². The molecule has 0 radical (unpaired) electrons. The predicted molar refractivity (Wildman–Crippen MR) is 48.0 cm³/mol. The smallest absolute Gasteiger partial charge is 0.0277 e. The zero-order valence-electron chi connectivity index (χ0n) is 6.98. The second-order valence-corrected chi connectivity index (χ2v) is 2.17. The zero-order valence-corrected chi connectivity index (χ0v) is 6.98. The molecule has 0 rings (SSSR count). The van der Waals surface area contributed by atoms with Gasteiger partial charge in [0.1, 0.15) is 0 Å². The lowest BCUT2D eigenvalue weighted by Crippen LogP contribution is -1.82. The minimum Gasteiger partial charge on any atom is -0.0985 e. The first-order valence-corrected chi connectivity index (χ1v) is 3.77. The molecule has 10 heavy (non-hydrogen) atoms. The molecule has 0 amide bonds. The van der Waals surface area contributed by atoms with Crippen LogP contribution < -0.4 is 0 Å². The molecule has 0 unspecified atom stereocenters. The van der Waals surface area contributed by atoms with E-state index in [2.05, 4.69) is 27.0 Å². The fraction of sp³-hybridized carbons (Fsp3) is 0.400. The highest BCUT2D eigenvalue weighted by molar-refractivity contribution is 5.32. The van der Waals surface area contributed by atoms with E-state index in [4.69, 9.17) is 0 Å². The van der Waals surface area contributed by atoms with Crippen LogP contribution in [0.2, 0.25) is 0 Å². The van der Waals surface area contributed by atoms with Crippen LogP contribution in [0.3, 0.4) is 0 Å². The highest BCUT2D eigenvalue weighted by Crippen LogP contribution is 2.13. The molecule has 0 heterocycles. The maximum absolute atomic E-state index is 3.72. The van der Waals surface area contributed by atoms with E-state index in [1.165, 1.54) is 11.1 Å². The van der Waals surface area contributed by atoms with Gasteiger partial charge >= 0.3 is 0 Å². The van der Waals surface area contributed by atoms with E-state index >= 15 is 0 Å². The van der Waals surface area contributed by atoms with Crippen LogP contribution in [0, 0.1) is 0 Å². The minimum absolute atomic E-state index is 1.10. The summed E-state index contributed by atoms with van der Waals surface area (Å²) in [6.45, 7) is 11.8. The van der Waals surface area contributed by atoms with Crippen molar-refractivity contribution in [1.29, 1.82) is 0 Å². The van der Waals surface area contributed by atoms with E-state index < -0.39 is 0 Å². The summed E-state index contributed by atoms with van der Waals surface area (Å²) in [6.07, 6.45) is 5.94. The quantitative estimate of drug-likeness (QED) is 0.519. The molecule has 0 bridgehead atoms. The van der Waals surface area contributed by atoms with E-state index in [-0.39, 0.29) is 0 Å². The SMILES string of the molecule is C=CC(C=C)=C(CC)CC. The third-order valence-corrected chi connectivity index (χ3v) is 1.70. The molecular weight excluding hydrogens is 120 g/mol. The van der Waals surface area contributed by atoms with Crippen LogP contribution in [0.1, 0.15) is 26.7 Å². The second-order valence-electron chi connectivity index (χ2n) is 2.17. The number of rotatable bonds is 4. The molecule has 0 aromatic carbocycles. The van der Waals surface area contributed by atoms with Gasteiger partial charge in [-0.1, -0.05) is 44.7 Å². The molecule has 0 spiro atoms. The van der Waals surface area contributed by atoms with Gasteiger partial charge in [-0.15, -0.1) is 0 Å². The van der Waals surface area contributed by atoms with Crippen molar-refractivity contribution >= 4 is 0 Å². The Morgan fingerprint density at radius 1 is 1.10 bits per heavy atom. The van der Waals surface area contributed by atoms with Gasteiger partial charge in [0, 0.05) is 0 Å². The summed E-state index contributed by atoms with van der Waals surface area (Å²) in [7, 11) is 0. The summed E-state index contributed by atoms with van der Waals surface area (Å²) in [5.41, 5.74) is 2.63. The second kappa shape index (κ2) is 5.04. The topological polar surface area (TPSA) is 0 Å². The van der Waals surface area contributed by atoms with Gasteiger partial charge in [-0.3, -0.25) is 0 Å². The van der Waals surface area contributed by atoms with Crippen molar-refractivity contribution in [3.63, 3.8) is 0 Å². The average Bonchev–Trinajstić information content (AvgIpc) is 2.00. The molecule has 0 aromatic rings. The normalized spacial score (nSPS) is 8.60. The molecule has 0 saturated carbocycles. The van der Waals surface area contributed by atoms with Crippen LogP contribution >= 0.6 is 0 Å². The largest absolute Gasteiger partial charge is 0.0985 e. The molecule has 0 aliphatic heterocycles. The van der Waals surface area contributed by atoms with Crippen LogP contribution in [-0.2, 0) is 0 Å². The van der Waals surface area contributed by atoms with Crippen LogP contribution in [0.25, 0.3) is 0 Å². The lowest BCUT2D eigenvalue weighted by Gasteiger charge is -2.02. The van der Waals surface area contributed by atoms with Crippen molar-refractivity contribution in [2.24, 2.45) is 0 Å². The monoisotopic (exact) mass is 136 g/mol. The summed E-state index contributed by atoms with van der Waals surface area (Å²) in [5.74, 6) is 0. The highest BCUT2D eigenvalue weighted by atomic mass is 14.0. The van der Waals surface area contributed by atoms with Crippen LogP contribution in [0.4, 0.5) is 0 Å². The molecule has 56 valence electrons. The van der Waals surface area contributed by atoms with Crippen molar-refractivity contribution < 1.29 is 0 Å². The maximum Gasteiger partial charge on any atom is -0.0277 e. The van der Waals surface area contributed by atoms with Crippen molar-refractivity contribution in [2.45, 2.75) is 26.7 Å². The fourth-order valence-corrected chi connectivity index (χ4v) is 1.03. The van der Waals surface area contributed by atoms with Crippen LogP contribution in [0.15, 0.2) is 36.5 Å². The Kier molecular flexibility index (Phi) is 4.65. The molecule has 0 aliphatic carbocycles. The van der Waals surface area contributed by atoms with Crippen molar-refractivity contribution in [3.05, 3.63) is 36.5 Å². The number of hydrogen-bond acceptors (Lipinski definition) is 0. The van der Waals surface area contributed by atoms with E-state index in [9.17, 15) is 0 Å². The van der Waals surface area contributed by atoms with E-state index in [0.29, 0.717) is 0 Å². The van der Waals surface area contributed by atoms with Gasteiger partial charge < -0.3 is 0 Å².